The Morgan fingerprint density at radius 3 is 2.54 bits per heavy atom. The largest absolute Gasteiger partial charge is 0.493 e. The summed E-state index contributed by atoms with van der Waals surface area (Å²) in [5, 5.41) is 10.9. The fourth-order valence-corrected chi connectivity index (χ4v) is 7.24. The number of hydrogen-bond acceptors (Lipinski definition) is 6. The molecule has 5 rings (SSSR count). The number of nitriles is 1. The molecule has 0 fully saturated rings. The van der Waals surface area contributed by atoms with Crippen LogP contribution in [0.15, 0.2) is 29.5 Å². The second-order valence-electron chi connectivity index (χ2n) is 9.42. The van der Waals surface area contributed by atoms with E-state index < -0.39 is 5.92 Å². The number of Topliss-reactive ketones (excluding diaryl/α,β-unsaturated/α-hetero) is 1. The second-order valence-corrected chi connectivity index (χ2v) is 10.5. The average molecular weight is 491 g/mol. The summed E-state index contributed by atoms with van der Waals surface area (Å²) < 4.78 is 11.2. The lowest BCUT2D eigenvalue weighted by molar-refractivity contribution is -0.119. The highest BCUT2D eigenvalue weighted by Gasteiger charge is 2.42. The molecule has 1 amide bonds. The summed E-state index contributed by atoms with van der Waals surface area (Å²) in [6.45, 7) is 0. The van der Waals surface area contributed by atoms with Crippen LogP contribution in [-0.4, -0.2) is 25.9 Å². The molecule has 0 unspecified atom stereocenters. The number of amides is 1. The predicted molar refractivity (Wildman–Crippen MR) is 135 cm³/mol. The first-order valence-electron chi connectivity index (χ1n) is 12.4. The standard InChI is InChI=1S/C28H30N2O4S/c1-33-23-13-7-10-18(27(23)34-2)19-15-25(32)30(21-11-8-12-22(31)26(19)21)28-20(16-29)17-9-5-3-4-6-14-24(17)35-28/h7,10,13,19H,3-6,8-9,11-12,14-15H2,1-2H3/t19-/m0/s1. The molecule has 6 nitrogen and oxygen atoms in total. The van der Waals surface area contributed by atoms with Gasteiger partial charge in [0.2, 0.25) is 5.91 Å². The molecular formula is C28H30N2O4S. The third-order valence-electron chi connectivity index (χ3n) is 7.45. The van der Waals surface area contributed by atoms with Gasteiger partial charge in [0.1, 0.15) is 11.1 Å². The van der Waals surface area contributed by atoms with Gasteiger partial charge in [0, 0.05) is 40.5 Å². The number of thiophene rings is 1. The van der Waals surface area contributed by atoms with Crippen LogP contribution >= 0.6 is 11.3 Å². The van der Waals surface area contributed by atoms with Crippen LogP contribution in [0.4, 0.5) is 5.00 Å². The van der Waals surface area contributed by atoms with Gasteiger partial charge in [0.15, 0.2) is 17.3 Å². The van der Waals surface area contributed by atoms with Crippen molar-refractivity contribution in [3.05, 3.63) is 51.0 Å². The van der Waals surface area contributed by atoms with Crippen LogP contribution in [0.25, 0.3) is 0 Å². The molecule has 3 aliphatic rings. The number of methoxy groups -OCH3 is 2. The second kappa shape index (κ2) is 9.87. The highest BCUT2D eigenvalue weighted by Crippen LogP contribution is 2.50. The van der Waals surface area contributed by atoms with Crippen LogP contribution in [0, 0.1) is 11.3 Å². The molecule has 7 heteroatoms. The first-order valence-corrected chi connectivity index (χ1v) is 13.2. The smallest absolute Gasteiger partial charge is 0.232 e. The molecule has 0 spiro atoms. The molecule has 1 atom stereocenters. The molecule has 2 aliphatic carbocycles. The Labute approximate surface area is 210 Å². The van der Waals surface area contributed by atoms with Crippen molar-refractivity contribution in [2.45, 2.75) is 70.1 Å². The van der Waals surface area contributed by atoms with Gasteiger partial charge in [0.25, 0.3) is 0 Å². The predicted octanol–water partition coefficient (Wildman–Crippen LogP) is 5.82. The van der Waals surface area contributed by atoms with E-state index in [4.69, 9.17) is 9.47 Å². The van der Waals surface area contributed by atoms with Crippen molar-refractivity contribution in [2.75, 3.05) is 19.1 Å². The maximum atomic E-state index is 13.8. The molecule has 1 aliphatic heterocycles. The van der Waals surface area contributed by atoms with E-state index in [1.54, 1.807) is 30.5 Å². The maximum Gasteiger partial charge on any atom is 0.232 e. The lowest BCUT2D eigenvalue weighted by Crippen LogP contribution is -2.40. The Morgan fingerprint density at radius 2 is 1.80 bits per heavy atom. The minimum atomic E-state index is -0.391. The number of ether oxygens (including phenoxy) is 2. The number of fused-ring (bicyclic) bond motifs is 1. The lowest BCUT2D eigenvalue weighted by atomic mass is 9.77. The fourth-order valence-electron chi connectivity index (χ4n) is 5.86. The highest BCUT2D eigenvalue weighted by atomic mass is 32.1. The van der Waals surface area contributed by atoms with E-state index in [2.05, 4.69) is 6.07 Å². The van der Waals surface area contributed by atoms with E-state index in [1.165, 1.54) is 17.7 Å². The van der Waals surface area contributed by atoms with Crippen LogP contribution in [-0.2, 0) is 22.4 Å². The van der Waals surface area contributed by atoms with Crippen molar-refractivity contribution in [1.82, 2.24) is 0 Å². The summed E-state index contributed by atoms with van der Waals surface area (Å²) in [6.07, 6.45) is 8.34. The molecule has 0 radical (unpaired) electrons. The number of aryl methyl sites for hydroxylation is 1. The molecule has 35 heavy (non-hydrogen) atoms. The molecule has 0 saturated carbocycles. The van der Waals surface area contributed by atoms with Crippen LogP contribution in [0.3, 0.4) is 0 Å². The molecule has 1 aromatic carbocycles. The Kier molecular flexibility index (Phi) is 6.66. The summed E-state index contributed by atoms with van der Waals surface area (Å²) >= 11 is 1.58. The minimum absolute atomic E-state index is 0.0703. The van der Waals surface area contributed by atoms with Crippen molar-refractivity contribution in [1.29, 1.82) is 5.26 Å². The Morgan fingerprint density at radius 1 is 1.00 bits per heavy atom. The molecule has 0 bridgehead atoms. The average Bonchev–Trinajstić information content (AvgIpc) is 3.18. The topological polar surface area (TPSA) is 79.6 Å². The van der Waals surface area contributed by atoms with E-state index in [0.29, 0.717) is 46.9 Å². The first kappa shape index (κ1) is 23.6. The van der Waals surface area contributed by atoms with Crippen LogP contribution in [0.2, 0.25) is 0 Å². The van der Waals surface area contributed by atoms with Gasteiger partial charge in [-0.25, -0.2) is 0 Å². The van der Waals surface area contributed by atoms with Gasteiger partial charge < -0.3 is 9.47 Å². The molecule has 2 aromatic rings. The number of hydrogen-bond donors (Lipinski definition) is 0. The Balaban J connectivity index is 1.67. The minimum Gasteiger partial charge on any atom is -0.493 e. The number of carbonyl (C=O) groups is 2. The molecule has 1 aromatic heterocycles. The van der Waals surface area contributed by atoms with Gasteiger partial charge in [-0.3, -0.25) is 14.5 Å². The quantitative estimate of drug-likeness (QED) is 0.539. The lowest BCUT2D eigenvalue weighted by Gasteiger charge is -2.38. The number of benzene rings is 1. The van der Waals surface area contributed by atoms with Crippen LogP contribution in [0.1, 0.15) is 78.9 Å². The van der Waals surface area contributed by atoms with Gasteiger partial charge >= 0.3 is 0 Å². The summed E-state index contributed by atoms with van der Waals surface area (Å²) in [5.74, 6) is 0.752. The van der Waals surface area contributed by atoms with Gasteiger partial charge in [-0.2, -0.15) is 5.26 Å². The number of allylic oxidation sites excluding steroid dienone is 2. The van der Waals surface area contributed by atoms with Crippen molar-refractivity contribution < 1.29 is 19.1 Å². The maximum absolute atomic E-state index is 13.8. The first-order chi connectivity index (χ1) is 17.1. The van der Waals surface area contributed by atoms with Crippen LogP contribution in [0.5, 0.6) is 11.5 Å². The van der Waals surface area contributed by atoms with E-state index in [-0.39, 0.29) is 18.1 Å². The van der Waals surface area contributed by atoms with E-state index in [0.717, 1.165) is 42.5 Å². The number of para-hydroxylation sites is 1. The third-order valence-corrected chi connectivity index (χ3v) is 8.73. The molecule has 182 valence electrons. The SMILES string of the molecule is COc1cccc([C@@H]2CC(=O)N(c3sc4c(c3C#N)CCCCCC4)C3=C2C(=O)CCC3)c1OC. The monoisotopic (exact) mass is 490 g/mol. The number of carbonyl (C=O) groups excluding carboxylic acids is 2. The number of nitrogens with zero attached hydrogens (tertiary/aromatic N) is 2. The van der Waals surface area contributed by atoms with Crippen LogP contribution < -0.4 is 14.4 Å². The summed E-state index contributed by atoms with van der Waals surface area (Å²) in [6, 6.07) is 8.03. The molecular weight excluding hydrogens is 460 g/mol. The Hall–Kier alpha value is -3.11. The number of anilines is 1. The summed E-state index contributed by atoms with van der Waals surface area (Å²) in [4.78, 5) is 30.1. The van der Waals surface area contributed by atoms with E-state index >= 15 is 0 Å². The van der Waals surface area contributed by atoms with E-state index in [1.807, 2.05) is 18.2 Å². The zero-order chi connectivity index (χ0) is 24.5. The van der Waals surface area contributed by atoms with Crippen molar-refractivity contribution in [3.8, 4) is 17.6 Å². The summed E-state index contributed by atoms with van der Waals surface area (Å²) in [5.41, 5.74) is 3.98. The Bertz CT molecular complexity index is 1250. The fraction of sp³-hybridized carbons (Fsp3) is 0.464. The molecule has 2 heterocycles. The molecule has 0 saturated heterocycles. The van der Waals surface area contributed by atoms with E-state index in [9.17, 15) is 14.9 Å². The summed E-state index contributed by atoms with van der Waals surface area (Å²) in [7, 11) is 3.16. The zero-order valence-electron chi connectivity index (χ0n) is 20.3. The normalized spacial score (nSPS) is 20.5. The zero-order valence-corrected chi connectivity index (χ0v) is 21.1. The van der Waals surface area contributed by atoms with Gasteiger partial charge in [-0.1, -0.05) is 25.0 Å². The van der Waals surface area contributed by atoms with Gasteiger partial charge in [-0.15, -0.1) is 11.3 Å². The van der Waals surface area contributed by atoms with Gasteiger partial charge in [0.05, 0.1) is 19.8 Å². The third kappa shape index (κ3) is 4.04. The number of ketones is 1. The number of rotatable bonds is 4. The van der Waals surface area contributed by atoms with Crippen molar-refractivity contribution in [2.24, 2.45) is 0 Å². The molecule has 0 N–H and O–H groups in total. The van der Waals surface area contributed by atoms with Gasteiger partial charge in [-0.05, 0) is 50.2 Å². The highest BCUT2D eigenvalue weighted by molar-refractivity contribution is 7.16. The van der Waals surface area contributed by atoms with Crippen molar-refractivity contribution >= 4 is 28.0 Å². The van der Waals surface area contributed by atoms with Crippen molar-refractivity contribution in [3.63, 3.8) is 0 Å².